The third-order valence-corrected chi connectivity index (χ3v) is 11.9. The molecule has 0 unspecified atom stereocenters. The monoisotopic (exact) mass is 685 g/mol. The van der Waals surface area contributed by atoms with Gasteiger partial charge in [-0.05, 0) is 61.4 Å². The minimum atomic E-state index is -5.75. The number of hydrogen-bond acceptors (Lipinski definition) is 6. The van der Waals surface area contributed by atoms with Crippen LogP contribution in [-0.4, -0.2) is 78.1 Å². The molecular formula is C32H34F2N5O6PS. The van der Waals surface area contributed by atoms with E-state index < -0.39 is 36.8 Å². The van der Waals surface area contributed by atoms with Gasteiger partial charge in [-0.3, -0.25) is 18.9 Å². The number of imidazole rings is 1. The first-order chi connectivity index (χ1) is 22.3. The van der Waals surface area contributed by atoms with Gasteiger partial charge in [0.2, 0.25) is 11.8 Å². The molecule has 248 valence electrons. The average Bonchev–Trinajstić information content (AvgIpc) is 3.71. The maximum atomic E-state index is 14.3. The average molecular weight is 686 g/mol. The molecule has 0 saturated carbocycles. The Bertz CT molecular complexity index is 1950. The van der Waals surface area contributed by atoms with Gasteiger partial charge in [-0.2, -0.15) is 8.78 Å². The summed E-state index contributed by atoms with van der Waals surface area (Å²) in [6.45, 7) is 1.04. The summed E-state index contributed by atoms with van der Waals surface area (Å²) in [5, 5.41) is 3.06. The molecule has 11 nitrogen and oxygen atoms in total. The molecule has 0 radical (unpaired) electrons. The van der Waals surface area contributed by atoms with Gasteiger partial charge in [0.05, 0.1) is 21.8 Å². The minimum Gasteiger partial charge on any atom is -0.340 e. The number of aryl methyl sites for hydroxylation is 1. The maximum absolute atomic E-state index is 14.3. The zero-order valence-corrected chi connectivity index (χ0v) is 27.2. The first-order valence-corrected chi connectivity index (χ1v) is 18.1. The third-order valence-electron chi connectivity index (χ3n) is 9.76. The number of likely N-dealkylation sites (tertiary alicyclic amines) is 1. The fourth-order valence-corrected chi connectivity index (χ4v) is 8.63. The van der Waals surface area contributed by atoms with Gasteiger partial charge in [-0.25, -0.2) is 4.98 Å². The van der Waals surface area contributed by atoms with Gasteiger partial charge >= 0.3 is 13.3 Å². The molecule has 3 N–H and O–H groups in total. The summed E-state index contributed by atoms with van der Waals surface area (Å²) >= 11 is 1.03. The maximum Gasteiger partial charge on any atom is 0.399 e. The number of hydrogen-bond donors (Lipinski definition) is 3. The van der Waals surface area contributed by atoms with Gasteiger partial charge in [0.25, 0.3) is 5.91 Å². The van der Waals surface area contributed by atoms with Crippen LogP contribution in [0.3, 0.4) is 0 Å². The van der Waals surface area contributed by atoms with Crippen LogP contribution in [0.5, 0.6) is 0 Å². The Morgan fingerprint density at radius 3 is 2.53 bits per heavy atom. The molecule has 5 heterocycles. The Labute approximate surface area is 272 Å². The summed E-state index contributed by atoms with van der Waals surface area (Å²) in [5.41, 5.74) is -3.28. The number of para-hydroxylation sites is 2. The Kier molecular flexibility index (Phi) is 7.98. The van der Waals surface area contributed by atoms with Crippen molar-refractivity contribution < 1.29 is 37.5 Å². The summed E-state index contributed by atoms with van der Waals surface area (Å²) < 4.78 is 42.5. The lowest BCUT2D eigenvalue weighted by Gasteiger charge is -2.42. The van der Waals surface area contributed by atoms with Crippen LogP contribution < -0.4 is 5.32 Å². The SMILES string of the molecule is Cn1c(C2CN(C(=O)[C@@H]3CC[C@@H]4CCCC[C@H](NC(=O)c5cc6cc(C(F)(F)P(=O)(O)O)ccc6s5)C(=O)N43)C2)nc2ccccc21. The van der Waals surface area contributed by atoms with Crippen molar-refractivity contribution in [2.45, 2.75) is 68.2 Å². The zero-order chi connectivity index (χ0) is 33.2. The van der Waals surface area contributed by atoms with Crippen molar-refractivity contribution in [3.63, 3.8) is 0 Å². The molecule has 2 aromatic heterocycles. The van der Waals surface area contributed by atoms with E-state index in [1.165, 1.54) is 12.1 Å². The van der Waals surface area contributed by atoms with E-state index in [4.69, 9.17) is 14.8 Å². The van der Waals surface area contributed by atoms with E-state index in [0.29, 0.717) is 37.1 Å². The predicted molar refractivity (Wildman–Crippen MR) is 171 cm³/mol. The second-order valence-electron chi connectivity index (χ2n) is 12.7. The third kappa shape index (κ3) is 5.54. The van der Waals surface area contributed by atoms with E-state index >= 15 is 0 Å². The molecule has 2 aromatic carbocycles. The standard InChI is InChI=1S/C32H34F2N5O6PS/c1-37-24-9-5-4-7-22(24)35-28(37)19-16-38(17-19)31(42)25-12-11-21-6-2-3-8-23(30(41)39(21)25)36-29(40)27-15-18-14-20(10-13-26(18)47-27)32(33,34)46(43,44)45/h4-5,7,9-10,13-15,19,21,23,25H,2-3,6,8,11-12,16-17H2,1H3,(H,36,40)(H2,43,44,45)/t21-,23-,25-/m0/s1. The predicted octanol–water partition coefficient (Wildman–Crippen LogP) is 4.67. The summed E-state index contributed by atoms with van der Waals surface area (Å²) in [6.07, 6.45) is 4.02. The number of thiophene rings is 1. The number of carbonyl (C=O) groups is 3. The molecule has 4 aromatic rings. The van der Waals surface area contributed by atoms with Crippen LogP contribution in [0.4, 0.5) is 8.78 Å². The van der Waals surface area contributed by atoms with E-state index in [1.54, 1.807) is 9.80 Å². The molecule has 3 saturated heterocycles. The molecule has 3 fully saturated rings. The van der Waals surface area contributed by atoms with Crippen LogP contribution in [-0.2, 0) is 26.9 Å². The minimum absolute atomic E-state index is 0.0890. The van der Waals surface area contributed by atoms with Crippen molar-refractivity contribution in [1.82, 2.24) is 24.7 Å². The lowest BCUT2D eigenvalue weighted by molar-refractivity contribution is -0.149. The van der Waals surface area contributed by atoms with Crippen molar-refractivity contribution in [1.29, 1.82) is 0 Å². The van der Waals surface area contributed by atoms with Crippen LogP contribution in [0.25, 0.3) is 21.1 Å². The second kappa shape index (κ2) is 11.8. The number of nitrogens with one attached hydrogen (secondary N) is 1. The Morgan fingerprint density at radius 1 is 1.04 bits per heavy atom. The summed E-state index contributed by atoms with van der Waals surface area (Å²) in [6, 6.07) is 10.9. The molecular weight excluding hydrogens is 651 g/mol. The normalized spacial score (nSPS) is 22.7. The van der Waals surface area contributed by atoms with Gasteiger partial charge < -0.3 is 29.5 Å². The van der Waals surface area contributed by atoms with Crippen LogP contribution in [0.2, 0.25) is 0 Å². The lowest BCUT2D eigenvalue weighted by Crippen LogP contribution is -2.59. The molecule has 3 aliphatic rings. The summed E-state index contributed by atoms with van der Waals surface area (Å²) in [4.78, 5) is 67.8. The molecule has 0 spiro atoms. The van der Waals surface area contributed by atoms with Crippen LogP contribution in [0.15, 0.2) is 48.5 Å². The summed E-state index contributed by atoms with van der Waals surface area (Å²) in [7, 11) is -3.78. The highest BCUT2D eigenvalue weighted by Crippen LogP contribution is 2.59. The van der Waals surface area contributed by atoms with E-state index in [0.717, 1.165) is 59.6 Å². The van der Waals surface area contributed by atoms with Gasteiger partial charge in [-0.1, -0.05) is 31.0 Å². The van der Waals surface area contributed by atoms with Crippen molar-refractivity contribution >= 4 is 57.8 Å². The highest BCUT2D eigenvalue weighted by Gasteiger charge is 2.51. The van der Waals surface area contributed by atoms with Crippen molar-refractivity contribution in [3.05, 3.63) is 64.8 Å². The van der Waals surface area contributed by atoms with Crippen molar-refractivity contribution in [3.8, 4) is 0 Å². The Morgan fingerprint density at radius 2 is 1.79 bits per heavy atom. The van der Waals surface area contributed by atoms with Crippen LogP contribution >= 0.6 is 18.9 Å². The zero-order valence-electron chi connectivity index (χ0n) is 25.5. The molecule has 0 aliphatic carbocycles. The topological polar surface area (TPSA) is 145 Å². The van der Waals surface area contributed by atoms with Gasteiger partial charge in [0.15, 0.2) is 0 Å². The van der Waals surface area contributed by atoms with Gasteiger partial charge in [0, 0.05) is 36.4 Å². The van der Waals surface area contributed by atoms with E-state index in [9.17, 15) is 27.7 Å². The quantitative estimate of drug-likeness (QED) is 0.250. The second-order valence-corrected chi connectivity index (χ2v) is 15.4. The highest BCUT2D eigenvalue weighted by molar-refractivity contribution is 7.52. The highest BCUT2D eigenvalue weighted by atomic mass is 32.1. The molecule has 47 heavy (non-hydrogen) atoms. The number of rotatable bonds is 6. The van der Waals surface area contributed by atoms with E-state index in [-0.39, 0.29) is 34.0 Å². The Hall–Kier alpha value is -3.71. The summed E-state index contributed by atoms with van der Waals surface area (Å²) in [5.74, 6) is 0.0895. The van der Waals surface area contributed by atoms with Gasteiger partial charge in [-0.15, -0.1) is 11.3 Å². The molecule has 3 atom stereocenters. The number of carbonyl (C=O) groups excluding carboxylic acids is 3. The largest absolute Gasteiger partial charge is 0.399 e. The first kappa shape index (κ1) is 31.9. The number of nitrogens with zero attached hydrogens (tertiary/aromatic N) is 4. The molecule has 0 bridgehead atoms. The fourth-order valence-electron chi connectivity index (χ4n) is 7.21. The van der Waals surface area contributed by atoms with Crippen molar-refractivity contribution in [2.75, 3.05) is 13.1 Å². The lowest BCUT2D eigenvalue weighted by atomic mass is 9.97. The number of alkyl halides is 2. The van der Waals surface area contributed by atoms with Crippen molar-refractivity contribution in [2.24, 2.45) is 7.05 Å². The number of aromatic nitrogens is 2. The fraction of sp³-hybridized carbons (Fsp3) is 0.438. The van der Waals surface area contributed by atoms with Gasteiger partial charge in [0.1, 0.15) is 17.9 Å². The molecule has 3 amide bonds. The first-order valence-electron chi connectivity index (χ1n) is 15.6. The smallest absolute Gasteiger partial charge is 0.340 e. The number of fused-ring (bicyclic) bond motifs is 3. The number of benzene rings is 2. The molecule has 15 heteroatoms. The number of halogens is 2. The molecule has 7 rings (SSSR count). The van der Waals surface area contributed by atoms with Crippen LogP contribution in [0, 0.1) is 0 Å². The van der Waals surface area contributed by atoms with E-state index in [1.807, 2.05) is 31.3 Å². The Balaban J connectivity index is 1.05. The van der Waals surface area contributed by atoms with Crippen LogP contribution in [0.1, 0.15) is 65.5 Å². The van der Waals surface area contributed by atoms with E-state index in [2.05, 4.69) is 9.88 Å². The number of amides is 3. The molecule has 3 aliphatic heterocycles.